The van der Waals surface area contributed by atoms with Crippen LogP contribution in [-0.2, 0) is 23.3 Å². The lowest BCUT2D eigenvalue weighted by Gasteiger charge is -2.39. The SMILES string of the molecule is COC(C)(OC)C(=O)C[C@H](CCP=O)O[Si](C)(C)C(C)(C)C. The second kappa shape index (κ2) is 8.64. The predicted octanol–water partition coefficient (Wildman–Crippen LogP) is 4.03. The first-order valence-electron chi connectivity index (χ1n) is 7.54. The highest BCUT2D eigenvalue weighted by atomic mass is 31.1. The third-order valence-corrected chi connectivity index (χ3v) is 9.48. The molecular formula is C15H31O5PSi. The Morgan fingerprint density at radius 1 is 1.14 bits per heavy atom. The van der Waals surface area contributed by atoms with Crippen LogP contribution in [-0.4, -0.2) is 46.4 Å². The maximum Gasteiger partial charge on any atom is 0.225 e. The van der Waals surface area contributed by atoms with E-state index in [1.807, 2.05) is 0 Å². The number of ether oxygens (including phenoxy) is 2. The molecule has 0 aromatic carbocycles. The van der Waals surface area contributed by atoms with Crippen LogP contribution in [0.1, 0.15) is 40.5 Å². The number of rotatable bonds is 10. The summed E-state index contributed by atoms with van der Waals surface area (Å²) < 4.78 is 27.5. The van der Waals surface area contributed by atoms with E-state index in [4.69, 9.17) is 13.9 Å². The molecule has 7 heteroatoms. The van der Waals surface area contributed by atoms with E-state index in [0.29, 0.717) is 12.6 Å². The molecule has 0 aliphatic heterocycles. The molecule has 0 radical (unpaired) electrons. The fourth-order valence-electron chi connectivity index (χ4n) is 1.70. The van der Waals surface area contributed by atoms with Crippen molar-refractivity contribution >= 4 is 22.6 Å². The molecule has 0 aliphatic carbocycles. The molecule has 0 saturated heterocycles. The second-order valence-corrected chi connectivity index (χ2v) is 12.6. The van der Waals surface area contributed by atoms with E-state index in [1.165, 1.54) is 14.2 Å². The number of carbonyl (C=O) groups is 1. The van der Waals surface area contributed by atoms with Crippen LogP contribution in [0, 0.1) is 0 Å². The quantitative estimate of drug-likeness (QED) is 0.338. The van der Waals surface area contributed by atoms with Crippen molar-refractivity contribution in [2.45, 2.75) is 70.6 Å². The third-order valence-electron chi connectivity index (χ3n) is 4.51. The molecular weight excluding hydrogens is 319 g/mol. The van der Waals surface area contributed by atoms with E-state index >= 15 is 0 Å². The Morgan fingerprint density at radius 2 is 1.64 bits per heavy atom. The smallest absolute Gasteiger partial charge is 0.225 e. The highest BCUT2D eigenvalue weighted by Crippen LogP contribution is 2.38. The molecule has 22 heavy (non-hydrogen) atoms. The van der Waals surface area contributed by atoms with Gasteiger partial charge in [-0.05, 0) is 31.5 Å². The van der Waals surface area contributed by atoms with Crippen LogP contribution in [0.25, 0.3) is 0 Å². The number of methoxy groups -OCH3 is 2. The number of hydrogen-bond acceptors (Lipinski definition) is 5. The number of Topliss-reactive ketones (excluding diaryl/α,β-unsaturated/α-hetero) is 1. The van der Waals surface area contributed by atoms with Crippen LogP contribution in [0.4, 0.5) is 0 Å². The fraction of sp³-hybridized carbons (Fsp3) is 0.933. The normalized spacial score (nSPS) is 15.1. The molecule has 0 heterocycles. The molecule has 130 valence electrons. The van der Waals surface area contributed by atoms with Crippen molar-refractivity contribution in [2.24, 2.45) is 0 Å². The van der Waals surface area contributed by atoms with Gasteiger partial charge in [0.25, 0.3) is 0 Å². The molecule has 0 N–H and O–H groups in total. The van der Waals surface area contributed by atoms with Gasteiger partial charge in [-0.2, -0.15) is 0 Å². The van der Waals surface area contributed by atoms with E-state index < -0.39 is 14.1 Å². The predicted molar refractivity (Wildman–Crippen MR) is 91.2 cm³/mol. The molecule has 0 rings (SSSR count). The summed E-state index contributed by atoms with van der Waals surface area (Å²) in [5, 5.41) is 0.0509. The lowest BCUT2D eigenvalue weighted by molar-refractivity contribution is -0.200. The van der Waals surface area contributed by atoms with E-state index in [0.717, 1.165) is 0 Å². The van der Waals surface area contributed by atoms with Gasteiger partial charge in [0, 0.05) is 26.8 Å². The van der Waals surface area contributed by atoms with Crippen molar-refractivity contribution in [3.63, 3.8) is 0 Å². The minimum Gasteiger partial charge on any atom is -0.413 e. The Morgan fingerprint density at radius 3 is 2.00 bits per heavy atom. The van der Waals surface area contributed by atoms with Gasteiger partial charge >= 0.3 is 0 Å². The van der Waals surface area contributed by atoms with E-state index in [9.17, 15) is 9.36 Å². The van der Waals surface area contributed by atoms with Gasteiger partial charge in [-0.1, -0.05) is 20.8 Å². The van der Waals surface area contributed by atoms with Gasteiger partial charge in [0.2, 0.25) is 5.79 Å². The Bertz CT molecular complexity index is 375. The highest BCUT2D eigenvalue weighted by molar-refractivity contribution is 7.23. The molecule has 0 fully saturated rings. The first-order chi connectivity index (χ1) is 9.93. The van der Waals surface area contributed by atoms with Crippen molar-refractivity contribution in [1.29, 1.82) is 0 Å². The van der Waals surface area contributed by atoms with E-state index in [2.05, 4.69) is 33.9 Å². The molecule has 0 aliphatic rings. The fourth-order valence-corrected chi connectivity index (χ4v) is 3.48. The Balaban J connectivity index is 5.08. The Labute approximate surface area is 137 Å². The van der Waals surface area contributed by atoms with Crippen molar-refractivity contribution in [1.82, 2.24) is 0 Å². The van der Waals surface area contributed by atoms with Crippen LogP contribution in [0.2, 0.25) is 18.1 Å². The molecule has 0 aromatic rings. The topological polar surface area (TPSA) is 61.8 Å². The van der Waals surface area contributed by atoms with Gasteiger partial charge in [-0.15, -0.1) is 0 Å². The largest absolute Gasteiger partial charge is 0.413 e. The van der Waals surface area contributed by atoms with Crippen LogP contribution >= 0.6 is 8.46 Å². The summed E-state index contributed by atoms with van der Waals surface area (Å²) in [4.78, 5) is 12.4. The summed E-state index contributed by atoms with van der Waals surface area (Å²) in [6.07, 6.45) is 0.982. The maximum absolute atomic E-state index is 12.4. The lowest BCUT2D eigenvalue weighted by Crippen LogP contribution is -2.47. The first-order valence-corrected chi connectivity index (χ1v) is 11.4. The molecule has 0 aromatic heterocycles. The van der Waals surface area contributed by atoms with Gasteiger partial charge in [-0.3, -0.25) is 9.36 Å². The van der Waals surface area contributed by atoms with E-state index in [1.54, 1.807) is 6.92 Å². The van der Waals surface area contributed by atoms with Crippen molar-refractivity contribution in [2.75, 3.05) is 20.4 Å². The van der Waals surface area contributed by atoms with Crippen LogP contribution < -0.4 is 0 Å². The van der Waals surface area contributed by atoms with Gasteiger partial charge < -0.3 is 13.9 Å². The average molecular weight is 350 g/mol. The molecule has 1 atom stereocenters. The average Bonchev–Trinajstić information content (AvgIpc) is 2.42. The van der Waals surface area contributed by atoms with Crippen molar-refractivity contribution < 1.29 is 23.3 Å². The van der Waals surface area contributed by atoms with Gasteiger partial charge in [0.1, 0.15) is 0 Å². The summed E-state index contributed by atoms with van der Waals surface area (Å²) in [7, 11) is 0.958. The van der Waals surface area contributed by atoms with Gasteiger partial charge in [0.05, 0.1) is 6.10 Å². The third kappa shape index (κ3) is 6.17. The first kappa shape index (κ1) is 21.9. The standard InChI is InChI=1S/C15H31O5PSi/c1-14(2,3)22(7,8)20-12(9-10-21-17)11-13(16)15(4,18-5)19-6/h12H,9-11H2,1-8H3/t12-/m0/s1. The molecule has 5 nitrogen and oxygen atoms in total. The minimum absolute atomic E-state index is 0.0509. The zero-order chi connectivity index (χ0) is 17.6. The zero-order valence-corrected chi connectivity index (χ0v) is 17.1. The Kier molecular flexibility index (Phi) is 8.59. The number of hydrogen-bond donors (Lipinski definition) is 0. The van der Waals surface area contributed by atoms with Gasteiger partial charge in [-0.25, -0.2) is 0 Å². The number of ketones is 1. The summed E-state index contributed by atoms with van der Waals surface area (Å²) in [6.45, 7) is 12.3. The zero-order valence-electron chi connectivity index (χ0n) is 15.2. The summed E-state index contributed by atoms with van der Waals surface area (Å²) in [5.41, 5.74) is 0. The van der Waals surface area contributed by atoms with Crippen molar-refractivity contribution in [3.05, 3.63) is 0 Å². The number of carbonyl (C=O) groups excluding carboxylic acids is 1. The second-order valence-electron chi connectivity index (χ2n) is 7.12. The summed E-state index contributed by atoms with van der Waals surface area (Å²) >= 11 is 0. The monoisotopic (exact) mass is 350 g/mol. The van der Waals surface area contributed by atoms with Crippen molar-refractivity contribution in [3.8, 4) is 0 Å². The molecule has 0 unspecified atom stereocenters. The van der Waals surface area contributed by atoms with Crippen LogP contribution in [0.3, 0.4) is 0 Å². The van der Waals surface area contributed by atoms with Crippen LogP contribution in [0.15, 0.2) is 0 Å². The van der Waals surface area contributed by atoms with Crippen LogP contribution in [0.5, 0.6) is 0 Å². The summed E-state index contributed by atoms with van der Waals surface area (Å²) in [6, 6.07) is 0. The van der Waals surface area contributed by atoms with Gasteiger partial charge in [0.15, 0.2) is 22.6 Å². The highest BCUT2D eigenvalue weighted by Gasteiger charge is 2.41. The van der Waals surface area contributed by atoms with E-state index in [-0.39, 0.29) is 31.8 Å². The molecule has 0 spiro atoms. The lowest BCUT2D eigenvalue weighted by atomic mass is 10.1. The molecule has 0 saturated carbocycles. The minimum atomic E-state index is -2.00. The summed E-state index contributed by atoms with van der Waals surface area (Å²) in [5.74, 6) is -1.42. The molecule has 0 amide bonds. The molecule has 0 bridgehead atoms. The Hall–Kier alpha value is -0.133. The maximum atomic E-state index is 12.4.